The fourth-order valence-electron chi connectivity index (χ4n) is 2.49. The van der Waals surface area contributed by atoms with Gasteiger partial charge in [-0.15, -0.1) is 0 Å². The molecular weight excluding hydrogens is 370 g/mol. The van der Waals surface area contributed by atoms with Gasteiger partial charge in [0.2, 0.25) is 0 Å². The lowest BCUT2D eigenvalue weighted by molar-refractivity contribution is -0.385. The van der Waals surface area contributed by atoms with Gasteiger partial charge in [0.1, 0.15) is 12.0 Å². The minimum Gasteiger partial charge on any atom is -0.362 e. The standard InChI is InChI=1S/C18H22ClN5O3/c1-4-23(5-2)18(25)22-14-8-6-13(7-9-14)12(3)21-17-16(19)10-15(11-20-17)24(26)27/h6-12H,4-5H2,1-3H3,(H,20,21)(H,22,25)/t12-/m1/s1. The number of pyridine rings is 1. The molecule has 2 N–H and O–H groups in total. The minimum absolute atomic E-state index is 0.135. The Morgan fingerprint density at radius 2 is 1.93 bits per heavy atom. The van der Waals surface area contributed by atoms with E-state index in [0.717, 1.165) is 11.8 Å². The zero-order valence-electron chi connectivity index (χ0n) is 15.4. The fraction of sp³-hybridized carbons (Fsp3) is 0.333. The topological polar surface area (TPSA) is 100 Å². The number of carbonyl (C=O) groups excluding carboxylic acids is 1. The number of hydrogen-bond acceptors (Lipinski definition) is 5. The van der Waals surface area contributed by atoms with Crippen LogP contribution < -0.4 is 10.6 Å². The van der Waals surface area contributed by atoms with Crippen LogP contribution in [0.2, 0.25) is 5.02 Å². The molecule has 0 spiro atoms. The number of nitrogens with zero attached hydrogens (tertiary/aromatic N) is 3. The first kappa shape index (κ1) is 20.4. The molecule has 2 aromatic rings. The van der Waals surface area contributed by atoms with Gasteiger partial charge in [0.05, 0.1) is 9.95 Å². The Morgan fingerprint density at radius 1 is 1.30 bits per heavy atom. The molecule has 9 heteroatoms. The number of hydrogen-bond donors (Lipinski definition) is 2. The monoisotopic (exact) mass is 391 g/mol. The van der Waals surface area contributed by atoms with Crippen molar-refractivity contribution in [3.05, 3.63) is 57.2 Å². The Hall–Kier alpha value is -2.87. The third kappa shape index (κ3) is 5.30. The van der Waals surface area contributed by atoms with Gasteiger partial charge in [-0.25, -0.2) is 9.78 Å². The normalized spacial score (nSPS) is 11.6. The van der Waals surface area contributed by atoms with E-state index in [-0.39, 0.29) is 22.8 Å². The number of rotatable bonds is 7. The number of halogens is 1. The third-order valence-electron chi connectivity index (χ3n) is 4.10. The molecule has 0 aliphatic carbocycles. The zero-order valence-corrected chi connectivity index (χ0v) is 16.2. The van der Waals surface area contributed by atoms with Gasteiger partial charge in [0.25, 0.3) is 5.69 Å². The van der Waals surface area contributed by atoms with Crippen molar-refractivity contribution in [2.45, 2.75) is 26.8 Å². The van der Waals surface area contributed by atoms with Gasteiger partial charge in [0, 0.05) is 30.9 Å². The number of nitrogens with one attached hydrogen (secondary N) is 2. The molecule has 144 valence electrons. The Bertz CT molecular complexity index is 809. The maximum absolute atomic E-state index is 12.1. The summed E-state index contributed by atoms with van der Waals surface area (Å²) in [6, 6.07) is 8.39. The van der Waals surface area contributed by atoms with Crippen LogP contribution in [0.25, 0.3) is 0 Å². The molecule has 1 heterocycles. The molecule has 0 aliphatic rings. The molecule has 0 radical (unpaired) electrons. The highest BCUT2D eigenvalue weighted by molar-refractivity contribution is 6.33. The molecule has 2 rings (SSSR count). The Morgan fingerprint density at radius 3 is 2.44 bits per heavy atom. The predicted molar refractivity (Wildman–Crippen MR) is 106 cm³/mol. The number of nitro groups is 1. The lowest BCUT2D eigenvalue weighted by Crippen LogP contribution is -2.34. The van der Waals surface area contributed by atoms with Gasteiger partial charge in [-0.05, 0) is 38.5 Å². The van der Waals surface area contributed by atoms with E-state index in [1.54, 1.807) is 4.90 Å². The number of anilines is 2. The molecule has 2 amide bonds. The van der Waals surface area contributed by atoms with E-state index in [1.165, 1.54) is 6.07 Å². The third-order valence-corrected chi connectivity index (χ3v) is 4.39. The average Bonchev–Trinajstić information content (AvgIpc) is 2.64. The summed E-state index contributed by atoms with van der Waals surface area (Å²) in [7, 11) is 0. The van der Waals surface area contributed by atoms with Crippen molar-refractivity contribution in [2.24, 2.45) is 0 Å². The number of urea groups is 1. The van der Waals surface area contributed by atoms with Crippen molar-refractivity contribution in [3.8, 4) is 0 Å². The number of benzene rings is 1. The van der Waals surface area contributed by atoms with Crippen LogP contribution in [0.5, 0.6) is 0 Å². The summed E-state index contributed by atoms with van der Waals surface area (Å²) in [5.74, 6) is 0.369. The second-order valence-electron chi connectivity index (χ2n) is 5.87. The van der Waals surface area contributed by atoms with Crippen molar-refractivity contribution >= 4 is 34.8 Å². The molecular formula is C18H22ClN5O3. The van der Waals surface area contributed by atoms with Crippen molar-refractivity contribution in [2.75, 3.05) is 23.7 Å². The highest BCUT2D eigenvalue weighted by atomic mass is 35.5. The van der Waals surface area contributed by atoms with E-state index >= 15 is 0 Å². The molecule has 0 saturated heterocycles. The van der Waals surface area contributed by atoms with Gasteiger partial charge in [-0.3, -0.25) is 10.1 Å². The Balaban J connectivity index is 2.04. The number of amides is 2. The summed E-state index contributed by atoms with van der Waals surface area (Å²) in [5.41, 5.74) is 1.49. The Kier molecular flexibility index (Phi) is 6.95. The molecule has 27 heavy (non-hydrogen) atoms. The molecule has 1 atom stereocenters. The summed E-state index contributed by atoms with van der Waals surface area (Å²) in [6.07, 6.45) is 1.16. The van der Waals surface area contributed by atoms with Gasteiger partial charge in [0.15, 0.2) is 0 Å². The second-order valence-corrected chi connectivity index (χ2v) is 6.28. The smallest absolute Gasteiger partial charge is 0.321 e. The van der Waals surface area contributed by atoms with Gasteiger partial charge >= 0.3 is 6.03 Å². The van der Waals surface area contributed by atoms with Crippen LogP contribution in [0.4, 0.5) is 22.0 Å². The largest absolute Gasteiger partial charge is 0.362 e. The molecule has 0 fully saturated rings. The van der Waals surface area contributed by atoms with Crippen LogP contribution in [0.3, 0.4) is 0 Å². The summed E-state index contributed by atoms with van der Waals surface area (Å²) in [5, 5.41) is 16.9. The maximum atomic E-state index is 12.1. The molecule has 0 unspecified atom stereocenters. The molecule has 1 aromatic carbocycles. The second kappa shape index (κ2) is 9.18. The summed E-state index contributed by atoms with van der Waals surface area (Å²) < 4.78 is 0. The van der Waals surface area contributed by atoms with Gasteiger partial charge < -0.3 is 15.5 Å². The van der Waals surface area contributed by atoms with Crippen LogP contribution in [0.1, 0.15) is 32.4 Å². The van der Waals surface area contributed by atoms with Gasteiger partial charge in [-0.2, -0.15) is 0 Å². The zero-order chi connectivity index (χ0) is 20.0. The lowest BCUT2D eigenvalue weighted by atomic mass is 10.1. The molecule has 1 aromatic heterocycles. The van der Waals surface area contributed by atoms with Crippen LogP contribution in [-0.2, 0) is 0 Å². The van der Waals surface area contributed by atoms with Crippen molar-refractivity contribution in [1.29, 1.82) is 0 Å². The summed E-state index contributed by atoms with van der Waals surface area (Å²) in [6.45, 7) is 7.06. The van der Waals surface area contributed by atoms with E-state index in [9.17, 15) is 14.9 Å². The number of aromatic nitrogens is 1. The average molecular weight is 392 g/mol. The number of carbonyl (C=O) groups is 1. The minimum atomic E-state index is -0.544. The summed E-state index contributed by atoms with van der Waals surface area (Å²) >= 11 is 6.06. The highest BCUT2D eigenvalue weighted by Gasteiger charge is 2.14. The quantitative estimate of drug-likeness (QED) is 0.526. The first-order valence-corrected chi connectivity index (χ1v) is 8.95. The van der Waals surface area contributed by atoms with Crippen LogP contribution >= 0.6 is 11.6 Å². The Labute approximate surface area is 162 Å². The molecule has 8 nitrogen and oxygen atoms in total. The van der Waals surface area contributed by atoms with E-state index in [4.69, 9.17) is 11.6 Å². The lowest BCUT2D eigenvalue weighted by Gasteiger charge is -2.20. The van der Waals surface area contributed by atoms with Crippen molar-refractivity contribution in [3.63, 3.8) is 0 Å². The first-order valence-electron chi connectivity index (χ1n) is 8.58. The van der Waals surface area contributed by atoms with E-state index in [2.05, 4.69) is 15.6 Å². The predicted octanol–water partition coefficient (Wildman–Crippen LogP) is 4.69. The maximum Gasteiger partial charge on any atom is 0.321 e. The fourth-order valence-corrected chi connectivity index (χ4v) is 2.71. The molecule has 0 bridgehead atoms. The molecule has 0 saturated carbocycles. The van der Waals surface area contributed by atoms with Crippen molar-refractivity contribution < 1.29 is 9.72 Å². The first-order chi connectivity index (χ1) is 12.8. The summed E-state index contributed by atoms with van der Waals surface area (Å²) in [4.78, 5) is 28.0. The van der Waals surface area contributed by atoms with Crippen LogP contribution in [-0.4, -0.2) is 33.9 Å². The van der Waals surface area contributed by atoms with Crippen molar-refractivity contribution in [1.82, 2.24) is 9.88 Å². The van der Waals surface area contributed by atoms with E-state index < -0.39 is 4.92 Å². The van der Waals surface area contributed by atoms with Gasteiger partial charge in [-0.1, -0.05) is 23.7 Å². The van der Waals surface area contributed by atoms with E-state index in [0.29, 0.717) is 24.6 Å². The van der Waals surface area contributed by atoms with Crippen LogP contribution in [0.15, 0.2) is 36.5 Å². The van der Waals surface area contributed by atoms with E-state index in [1.807, 2.05) is 45.0 Å². The molecule has 0 aliphatic heterocycles. The van der Waals surface area contributed by atoms with Crippen LogP contribution in [0, 0.1) is 10.1 Å². The SMILES string of the molecule is CCN(CC)C(=O)Nc1ccc([C@@H](C)Nc2ncc([N+](=O)[O-])cc2Cl)cc1. The highest BCUT2D eigenvalue weighted by Crippen LogP contribution is 2.27.